The van der Waals surface area contributed by atoms with Crippen LogP contribution in [0.4, 0.5) is 0 Å². The molecule has 0 aliphatic heterocycles. The Morgan fingerprint density at radius 1 is 1.11 bits per heavy atom. The zero-order chi connectivity index (χ0) is 7.91. The van der Waals surface area contributed by atoms with E-state index in [1.54, 1.807) is 0 Å². The molecule has 0 atom stereocenters. The summed E-state index contributed by atoms with van der Waals surface area (Å²) in [5.41, 5.74) is 13.4. The normalized spacial score (nSPS) is 9.89. The van der Waals surface area contributed by atoms with E-state index >= 15 is 0 Å². The Kier molecular flexibility index (Phi) is 8.06. The number of aliphatic hydroxyl groups excluding tert-OH is 2. The van der Waals surface area contributed by atoms with Crippen LogP contribution in [0.15, 0.2) is 0 Å². The second-order valence-corrected chi connectivity index (χ2v) is 2.74. The number of hydrogen-bond donors (Lipinski definition) is 5. The van der Waals surface area contributed by atoms with Crippen molar-refractivity contribution in [2.24, 2.45) is 16.5 Å². The first-order valence-corrected chi connectivity index (χ1v) is 4.00. The van der Waals surface area contributed by atoms with Crippen molar-refractivity contribution < 1.29 is 14.8 Å². The molecular weight excluding hydrogens is 145 g/mol. The quantitative estimate of drug-likeness (QED) is 0.278. The molecule has 0 aliphatic rings. The molecule has 0 aromatic heterocycles. The number of hydrogen-bond acceptors (Lipinski definition) is 3. The summed E-state index contributed by atoms with van der Waals surface area (Å²) in [5, 5.41) is 15.2. The highest BCUT2D eigenvalue weighted by Gasteiger charge is 1.90. The summed E-state index contributed by atoms with van der Waals surface area (Å²) in [5.74, 6) is 0. The number of aliphatic hydroxyl groups is 2. The van der Waals surface area contributed by atoms with Crippen molar-refractivity contribution in [3.8, 4) is 0 Å². The molecule has 6 nitrogen and oxygen atoms in total. The summed E-state index contributed by atoms with van der Waals surface area (Å²) in [6, 6.07) is 0. The van der Waals surface area contributed by atoms with Gasteiger partial charge in [0.1, 0.15) is 0 Å². The number of nitrogens with two attached hydrogens (primary N) is 3. The van der Waals surface area contributed by atoms with Crippen molar-refractivity contribution in [1.82, 2.24) is 0 Å². The van der Waals surface area contributed by atoms with Crippen LogP contribution in [0.2, 0.25) is 0 Å². The van der Waals surface area contributed by atoms with Gasteiger partial charge in [0.2, 0.25) is 0 Å². The molecule has 0 heterocycles. The molecule has 0 spiro atoms. The maximum Gasteiger partial charge on any atom is 0.271 e. The molecule has 8 N–H and O–H groups in total. The van der Waals surface area contributed by atoms with Gasteiger partial charge in [-0.2, -0.15) is 0 Å². The molecule has 0 radical (unpaired) electrons. The van der Waals surface area contributed by atoms with E-state index in [1.165, 1.54) is 0 Å². The first-order chi connectivity index (χ1) is 3.91. The van der Waals surface area contributed by atoms with Crippen molar-refractivity contribution in [3.05, 3.63) is 0 Å². The van der Waals surface area contributed by atoms with E-state index in [9.17, 15) is 4.57 Å². The van der Waals surface area contributed by atoms with Crippen LogP contribution in [0.3, 0.4) is 0 Å². The van der Waals surface area contributed by atoms with E-state index in [0.29, 0.717) is 0 Å². The van der Waals surface area contributed by atoms with Gasteiger partial charge in [-0.15, -0.1) is 0 Å². The molecular formula is C2H12N3O3P. The van der Waals surface area contributed by atoms with Gasteiger partial charge in [0.15, 0.2) is 0 Å². The van der Waals surface area contributed by atoms with Crippen LogP contribution in [0, 0.1) is 0 Å². The van der Waals surface area contributed by atoms with Gasteiger partial charge in [-0.3, -0.25) is 21.1 Å². The van der Waals surface area contributed by atoms with E-state index in [1.807, 2.05) is 0 Å². The Morgan fingerprint density at radius 2 is 1.22 bits per heavy atom. The molecule has 0 aromatic carbocycles. The molecule has 0 amide bonds. The minimum absolute atomic E-state index is 0.125. The average Bonchev–Trinajstić information content (AvgIpc) is 1.61. The third kappa shape index (κ3) is 275. The van der Waals surface area contributed by atoms with E-state index in [4.69, 9.17) is 10.2 Å². The molecule has 58 valence electrons. The van der Waals surface area contributed by atoms with Crippen LogP contribution in [-0.2, 0) is 4.57 Å². The smallest absolute Gasteiger partial charge is 0.271 e. The maximum atomic E-state index is 9.55. The van der Waals surface area contributed by atoms with E-state index in [-0.39, 0.29) is 13.2 Å². The van der Waals surface area contributed by atoms with Crippen LogP contribution in [0.25, 0.3) is 0 Å². The lowest BCUT2D eigenvalue weighted by atomic mass is 10.8. The topological polar surface area (TPSA) is 136 Å². The Labute approximate surface area is 53.2 Å². The monoisotopic (exact) mass is 157 g/mol. The first kappa shape index (κ1) is 11.8. The molecule has 0 unspecified atom stereocenters. The van der Waals surface area contributed by atoms with Crippen LogP contribution in [0.1, 0.15) is 0 Å². The molecule has 0 saturated heterocycles. The molecule has 0 aromatic rings. The Morgan fingerprint density at radius 3 is 1.22 bits per heavy atom. The van der Waals surface area contributed by atoms with Gasteiger partial charge in [-0.1, -0.05) is 0 Å². The summed E-state index contributed by atoms with van der Waals surface area (Å²) < 4.78 is 9.55. The van der Waals surface area contributed by atoms with E-state index in [0.717, 1.165) is 0 Å². The molecule has 0 fully saturated rings. The number of rotatable bonds is 1. The highest BCUT2D eigenvalue weighted by Crippen LogP contribution is 2.06. The lowest BCUT2D eigenvalue weighted by Gasteiger charge is -1.88. The maximum absolute atomic E-state index is 9.55. The SMILES string of the molecule is NP(N)(N)=O.OCCO. The predicted octanol–water partition coefficient (Wildman–Crippen LogP) is -2.06. The van der Waals surface area contributed by atoms with Gasteiger partial charge in [0.25, 0.3) is 7.59 Å². The van der Waals surface area contributed by atoms with Gasteiger partial charge >= 0.3 is 0 Å². The van der Waals surface area contributed by atoms with Gasteiger partial charge < -0.3 is 10.2 Å². The first-order valence-electron chi connectivity index (χ1n) is 2.09. The molecule has 0 aliphatic carbocycles. The zero-order valence-corrected chi connectivity index (χ0v) is 5.79. The lowest BCUT2D eigenvalue weighted by molar-refractivity contribution is 0.186. The van der Waals surface area contributed by atoms with Gasteiger partial charge in [-0.05, 0) is 0 Å². The van der Waals surface area contributed by atoms with Gasteiger partial charge in [0, 0.05) is 0 Å². The van der Waals surface area contributed by atoms with E-state index in [2.05, 4.69) is 16.5 Å². The summed E-state index contributed by atoms with van der Waals surface area (Å²) >= 11 is 0. The third-order valence-electron chi connectivity index (χ3n) is 0.1000. The standard InChI is InChI=1S/C2H6O2.H6N3OP/c3-1-2-4;1-5(2,3)4/h3-4H,1-2H2;(H6,1,2,3,4). The predicted molar refractivity (Wildman–Crippen MR) is 34.3 cm³/mol. The minimum Gasteiger partial charge on any atom is -0.394 e. The van der Waals surface area contributed by atoms with Crippen molar-refractivity contribution in [1.29, 1.82) is 0 Å². The Bertz CT molecular complexity index is 80.8. The van der Waals surface area contributed by atoms with E-state index < -0.39 is 7.59 Å². The summed E-state index contributed by atoms with van der Waals surface area (Å²) in [6.45, 7) is -0.250. The zero-order valence-electron chi connectivity index (χ0n) is 4.90. The highest BCUT2D eigenvalue weighted by atomic mass is 31.2. The van der Waals surface area contributed by atoms with Crippen molar-refractivity contribution in [2.45, 2.75) is 0 Å². The fourth-order valence-corrected chi connectivity index (χ4v) is 0. The molecule has 0 rings (SSSR count). The fourth-order valence-electron chi connectivity index (χ4n) is 0. The summed E-state index contributed by atoms with van der Waals surface area (Å²) in [7, 11) is -3.14. The van der Waals surface area contributed by atoms with Crippen molar-refractivity contribution in [2.75, 3.05) is 13.2 Å². The van der Waals surface area contributed by atoms with Crippen LogP contribution in [-0.4, -0.2) is 23.4 Å². The largest absolute Gasteiger partial charge is 0.394 e. The van der Waals surface area contributed by atoms with Gasteiger partial charge in [-0.25, -0.2) is 0 Å². The lowest BCUT2D eigenvalue weighted by Crippen LogP contribution is -2.12. The Balaban J connectivity index is 0. The molecule has 0 bridgehead atoms. The Hall–Kier alpha value is 0.0300. The van der Waals surface area contributed by atoms with Crippen LogP contribution < -0.4 is 16.5 Å². The molecule has 9 heavy (non-hydrogen) atoms. The summed E-state index contributed by atoms with van der Waals surface area (Å²) in [4.78, 5) is 0. The van der Waals surface area contributed by atoms with Crippen molar-refractivity contribution in [3.63, 3.8) is 0 Å². The van der Waals surface area contributed by atoms with Crippen molar-refractivity contribution >= 4 is 7.59 Å². The average molecular weight is 157 g/mol. The van der Waals surface area contributed by atoms with Crippen LogP contribution in [0.5, 0.6) is 0 Å². The second-order valence-electron chi connectivity index (χ2n) is 1.21. The summed E-state index contributed by atoms with van der Waals surface area (Å²) in [6.07, 6.45) is 0. The fraction of sp³-hybridized carbons (Fsp3) is 1.00. The third-order valence-corrected chi connectivity index (χ3v) is 0.1000. The second kappa shape index (κ2) is 6.15. The van der Waals surface area contributed by atoms with Crippen LogP contribution >= 0.6 is 7.59 Å². The molecule has 0 saturated carbocycles. The van der Waals surface area contributed by atoms with Gasteiger partial charge in [0.05, 0.1) is 13.2 Å². The highest BCUT2D eigenvalue weighted by molar-refractivity contribution is 7.56. The minimum atomic E-state index is -3.14. The molecule has 7 heteroatoms.